The van der Waals surface area contributed by atoms with Gasteiger partial charge in [-0.25, -0.2) is 9.69 Å². The monoisotopic (exact) mass is 427 g/mol. The minimum Gasteiger partial charge on any atom is -0.448 e. The molecule has 1 aliphatic rings. The minimum atomic E-state index is -0.542. The number of nitrogens with two attached hydrogens (primary N) is 1. The van der Waals surface area contributed by atoms with Gasteiger partial charge in [0.15, 0.2) is 5.11 Å². The van der Waals surface area contributed by atoms with Gasteiger partial charge in [-0.1, -0.05) is 66.7 Å². The van der Waals surface area contributed by atoms with Crippen molar-refractivity contribution in [3.63, 3.8) is 0 Å². The molecule has 0 spiro atoms. The molecule has 0 radical (unpaired) electrons. The minimum absolute atomic E-state index is 0.0116. The van der Waals surface area contributed by atoms with Gasteiger partial charge in [0.25, 0.3) is 0 Å². The third-order valence-electron chi connectivity index (χ3n) is 5.83. The van der Waals surface area contributed by atoms with E-state index in [1.54, 1.807) is 0 Å². The average Bonchev–Trinajstić information content (AvgIpc) is 3.35. The first-order valence-corrected chi connectivity index (χ1v) is 10.5. The number of para-hydroxylation sites is 1. The van der Waals surface area contributed by atoms with Crippen molar-refractivity contribution < 1.29 is 9.53 Å². The fourth-order valence-corrected chi connectivity index (χ4v) is 4.48. The number of rotatable bonds is 4. The van der Waals surface area contributed by atoms with Gasteiger partial charge in [0.1, 0.15) is 6.61 Å². The van der Waals surface area contributed by atoms with Gasteiger partial charge in [0.2, 0.25) is 0 Å². The van der Waals surface area contributed by atoms with Crippen LogP contribution >= 0.6 is 12.2 Å². The molecule has 1 amide bonds. The van der Waals surface area contributed by atoms with Crippen molar-refractivity contribution in [1.29, 1.82) is 0 Å². The van der Waals surface area contributed by atoms with Crippen LogP contribution in [0.4, 0.5) is 4.79 Å². The molecule has 5 nitrogen and oxygen atoms in total. The summed E-state index contributed by atoms with van der Waals surface area (Å²) >= 11 is 5.16. The highest BCUT2D eigenvalue weighted by atomic mass is 32.1. The fraction of sp³-hybridized carbons (Fsp3) is 0.120. The molecule has 0 atom stereocenters. The number of aromatic nitrogens is 1. The molecule has 3 N–H and O–H groups in total. The molecule has 4 aromatic rings. The number of aromatic amines is 1. The molecule has 1 aromatic heterocycles. The van der Waals surface area contributed by atoms with Crippen molar-refractivity contribution in [2.75, 3.05) is 6.61 Å². The van der Waals surface area contributed by atoms with Crippen LogP contribution in [-0.2, 0) is 11.3 Å². The summed E-state index contributed by atoms with van der Waals surface area (Å²) in [6.45, 7) is 0.468. The summed E-state index contributed by atoms with van der Waals surface area (Å²) in [7, 11) is 0. The lowest BCUT2D eigenvalue weighted by atomic mass is 9.98. The third-order valence-corrected chi connectivity index (χ3v) is 6.05. The van der Waals surface area contributed by atoms with E-state index < -0.39 is 6.09 Å². The van der Waals surface area contributed by atoms with Crippen LogP contribution in [0, 0.1) is 0 Å². The van der Waals surface area contributed by atoms with E-state index in [-0.39, 0.29) is 24.2 Å². The van der Waals surface area contributed by atoms with Gasteiger partial charge in [-0.15, -0.1) is 0 Å². The number of carbonyl (C=O) groups is 1. The zero-order valence-corrected chi connectivity index (χ0v) is 17.6. The van der Waals surface area contributed by atoms with Gasteiger partial charge in [-0.05, 0) is 46.1 Å². The van der Waals surface area contributed by atoms with Crippen LogP contribution in [0.5, 0.6) is 0 Å². The lowest BCUT2D eigenvalue weighted by Crippen LogP contribution is -2.40. The Hall–Kier alpha value is -3.64. The first kappa shape index (κ1) is 19.3. The maximum Gasteiger partial charge on any atom is 0.416 e. The number of carbonyl (C=O) groups excluding carboxylic acids is 1. The molecule has 0 saturated carbocycles. The van der Waals surface area contributed by atoms with Crippen LogP contribution in [0.2, 0.25) is 0 Å². The number of nitrogens with zero attached hydrogens (tertiary/aromatic N) is 1. The molecule has 0 fully saturated rings. The normalized spacial score (nSPS) is 12.4. The SMILES string of the molecule is NC(=S)N(Cc1c[nH]c2ccccc12)C(=O)OCC1c2ccccc2-c2ccccc21. The Balaban J connectivity index is 1.36. The molecule has 1 heterocycles. The Labute approximate surface area is 185 Å². The zero-order chi connectivity index (χ0) is 21.4. The van der Waals surface area contributed by atoms with Crippen molar-refractivity contribution in [3.05, 3.63) is 95.7 Å². The number of ether oxygens (including phenoxy) is 1. The summed E-state index contributed by atoms with van der Waals surface area (Å²) in [6.07, 6.45) is 1.33. The number of fused-ring (bicyclic) bond motifs is 4. The summed E-state index contributed by atoms with van der Waals surface area (Å²) in [5, 5.41) is 1.01. The maximum atomic E-state index is 13.0. The highest BCUT2D eigenvalue weighted by molar-refractivity contribution is 7.80. The van der Waals surface area contributed by atoms with Crippen molar-refractivity contribution in [2.45, 2.75) is 12.5 Å². The van der Waals surface area contributed by atoms with Gasteiger partial charge < -0.3 is 15.5 Å². The van der Waals surface area contributed by atoms with E-state index >= 15 is 0 Å². The van der Waals surface area contributed by atoms with Crippen molar-refractivity contribution in [3.8, 4) is 11.1 Å². The van der Waals surface area contributed by atoms with Crippen molar-refractivity contribution in [2.24, 2.45) is 5.73 Å². The van der Waals surface area contributed by atoms with Gasteiger partial charge in [-0.2, -0.15) is 0 Å². The van der Waals surface area contributed by atoms with Crippen LogP contribution in [0.1, 0.15) is 22.6 Å². The average molecular weight is 428 g/mol. The molecule has 3 aromatic carbocycles. The third kappa shape index (κ3) is 3.45. The number of thiocarbonyl (C=S) groups is 1. The van der Waals surface area contributed by atoms with Gasteiger partial charge in [0.05, 0.1) is 6.54 Å². The first-order valence-electron chi connectivity index (χ1n) is 10.1. The van der Waals surface area contributed by atoms with Crippen molar-refractivity contribution >= 4 is 34.3 Å². The number of benzene rings is 3. The van der Waals surface area contributed by atoms with E-state index in [1.807, 2.05) is 54.7 Å². The fourth-order valence-electron chi connectivity index (χ4n) is 4.34. The number of nitrogens with one attached hydrogen (secondary N) is 1. The predicted molar refractivity (Wildman–Crippen MR) is 126 cm³/mol. The number of hydrogen-bond acceptors (Lipinski definition) is 3. The topological polar surface area (TPSA) is 71.3 Å². The van der Waals surface area contributed by atoms with E-state index in [4.69, 9.17) is 22.7 Å². The summed E-state index contributed by atoms with van der Waals surface area (Å²) in [6, 6.07) is 24.4. The molecule has 5 rings (SSSR count). The Morgan fingerprint density at radius 3 is 2.26 bits per heavy atom. The smallest absolute Gasteiger partial charge is 0.416 e. The molecular formula is C25H21N3O2S. The Bertz CT molecular complexity index is 1250. The predicted octanol–water partition coefficient (Wildman–Crippen LogP) is 5.16. The number of amides is 1. The standard InChI is InChI=1S/C25H21N3O2S/c26-24(31)28(14-16-13-27-23-12-6-5-7-17(16)23)25(29)30-15-22-20-10-3-1-8-18(20)19-9-2-4-11-21(19)22/h1-13,22,27H,14-15H2,(H2,26,31). The van der Waals surface area contributed by atoms with Gasteiger partial charge in [-0.3, -0.25) is 0 Å². The van der Waals surface area contributed by atoms with E-state index in [1.165, 1.54) is 16.0 Å². The van der Waals surface area contributed by atoms with Crippen LogP contribution < -0.4 is 5.73 Å². The second-order valence-corrected chi connectivity index (χ2v) is 8.01. The molecule has 0 saturated heterocycles. The molecule has 0 bridgehead atoms. The van der Waals surface area contributed by atoms with Gasteiger partial charge >= 0.3 is 6.09 Å². The van der Waals surface area contributed by atoms with E-state index in [0.717, 1.165) is 27.6 Å². The van der Waals surface area contributed by atoms with Crippen LogP contribution in [0.3, 0.4) is 0 Å². The van der Waals surface area contributed by atoms with E-state index in [2.05, 4.69) is 29.2 Å². The Kier molecular flexibility index (Phi) is 4.92. The second kappa shape index (κ2) is 7.89. The molecule has 1 aliphatic carbocycles. The lowest BCUT2D eigenvalue weighted by Gasteiger charge is -2.22. The van der Waals surface area contributed by atoms with Crippen LogP contribution in [0.25, 0.3) is 22.0 Å². The lowest BCUT2D eigenvalue weighted by molar-refractivity contribution is 0.118. The summed E-state index contributed by atoms with van der Waals surface area (Å²) in [5.41, 5.74) is 12.5. The van der Waals surface area contributed by atoms with Crippen molar-refractivity contribution in [1.82, 2.24) is 9.88 Å². The molecule has 31 heavy (non-hydrogen) atoms. The summed E-state index contributed by atoms with van der Waals surface area (Å²) < 4.78 is 5.73. The Morgan fingerprint density at radius 2 is 1.58 bits per heavy atom. The van der Waals surface area contributed by atoms with Crippen LogP contribution in [0.15, 0.2) is 79.0 Å². The maximum absolute atomic E-state index is 13.0. The summed E-state index contributed by atoms with van der Waals surface area (Å²) in [5.74, 6) is -0.0161. The second-order valence-electron chi connectivity index (χ2n) is 7.59. The largest absolute Gasteiger partial charge is 0.448 e. The summed E-state index contributed by atoms with van der Waals surface area (Å²) in [4.78, 5) is 17.5. The molecular weight excluding hydrogens is 406 g/mol. The molecule has 0 aliphatic heterocycles. The molecule has 6 heteroatoms. The van der Waals surface area contributed by atoms with E-state index in [0.29, 0.717) is 0 Å². The van der Waals surface area contributed by atoms with Gasteiger partial charge in [0, 0.05) is 23.0 Å². The Morgan fingerprint density at radius 1 is 0.968 bits per heavy atom. The quantitative estimate of drug-likeness (QED) is 0.441. The van der Waals surface area contributed by atoms with Crippen LogP contribution in [-0.4, -0.2) is 27.7 Å². The number of hydrogen-bond donors (Lipinski definition) is 2. The highest BCUT2D eigenvalue weighted by Gasteiger charge is 2.30. The first-order chi connectivity index (χ1) is 15.1. The zero-order valence-electron chi connectivity index (χ0n) is 16.7. The molecule has 154 valence electrons. The molecule has 0 unspecified atom stereocenters. The highest BCUT2D eigenvalue weighted by Crippen LogP contribution is 2.44. The van der Waals surface area contributed by atoms with E-state index in [9.17, 15) is 4.79 Å². The number of H-pyrrole nitrogens is 1.